The Morgan fingerprint density at radius 1 is 1.25 bits per heavy atom. The molecule has 0 atom stereocenters. The van der Waals surface area contributed by atoms with Gasteiger partial charge < -0.3 is 4.57 Å². The van der Waals surface area contributed by atoms with E-state index >= 15 is 0 Å². The third-order valence-electron chi connectivity index (χ3n) is 2.85. The standard InChI is InChI=1S/C12H9ClN2O/c13-11-6-14-12-10(16)5-8-3-1-2-4-9(8)7-15(11)12/h1-4,6H,5,7H2. The van der Waals surface area contributed by atoms with E-state index in [9.17, 15) is 4.79 Å². The first kappa shape index (κ1) is 9.60. The number of carbonyl (C=O) groups is 1. The Morgan fingerprint density at radius 3 is 2.81 bits per heavy atom. The van der Waals surface area contributed by atoms with Gasteiger partial charge in [0.2, 0.25) is 5.78 Å². The smallest absolute Gasteiger partial charge is 0.202 e. The number of benzene rings is 1. The summed E-state index contributed by atoms with van der Waals surface area (Å²) in [5.41, 5.74) is 2.20. The fourth-order valence-corrected chi connectivity index (χ4v) is 2.22. The van der Waals surface area contributed by atoms with Gasteiger partial charge in [-0.1, -0.05) is 35.9 Å². The Balaban J connectivity index is 2.20. The number of ketones is 1. The Kier molecular flexibility index (Phi) is 2.07. The highest BCUT2D eigenvalue weighted by Crippen LogP contribution is 2.22. The molecule has 0 bridgehead atoms. The molecule has 2 aromatic rings. The lowest BCUT2D eigenvalue weighted by molar-refractivity contribution is 0.0981. The molecule has 3 nitrogen and oxygen atoms in total. The maximum absolute atomic E-state index is 11.9. The first-order valence-electron chi connectivity index (χ1n) is 5.07. The Bertz CT molecular complexity index is 574. The van der Waals surface area contributed by atoms with E-state index in [1.807, 2.05) is 24.3 Å². The Hall–Kier alpha value is -1.61. The van der Waals surface area contributed by atoms with Crippen LogP contribution in [0.4, 0.5) is 0 Å². The van der Waals surface area contributed by atoms with Gasteiger partial charge in [0.15, 0.2) is 5.82 Å². The van der Waals surface area contributed by atoms with Crippen LogP contribution in [0.1, 0.15) is 21.7 Å². The summed E-state index contributed by atoms with van der Waals surface area (Å²) < 4.78 is 1.76. The maximum atomic E-state index is 11.9. The summed E-state index contributed by atoms with van der Waals surface area (Å²) in [5, 5.41) is 0.514. The van der Waals surface area contributed by atoms with Crippen LogP contribution in [0.25, 0.3) is 0 Å². The largest absolute Gasteiger partial charge is 0.308 e. The highest BCUT2D eigenvalue weighted by Gasteiger charge is 2.21. The number of aromatic nitrogens is 2. The number of carbonyl (C=O) groups excluding carboxylic acids is 1. The van der Waals surface area contributed by atoms with Crippen molar-refractivity contribution in [1.82, 2.24) is 9.55 Å². The second-order valence-corrected chi connectivity index (χ2v) is 4.25. The number of imidazole rings is 1. The lowest BCUT2D eigenvalue weighted by Gasteiger charge is -2.05. The number of rotatable bonds is 0. The number of Topliss-reactive ketones (excluding diaryl/α,β-unsaturated/α-hetero) is 1. The molecule has 3 rings (SSSR count). The third-order valence-corrected chi connectivity index (χ3v) is 3.16. The van der Waals surface area contributed by atoms with Gasteiger partial charge in [-0.25, -0.2) is 4.98 Å². The molecule has 0 N–H and O–H groups in total. The second-order valence-electron chi connectivity index (χ2n) is 3.86. The molecule has 1 aromatic heterocycles. The van der Waals surface area contributed by atoms with Gasteiger partial charge in [0.1, 0.15) is 5.15 Å². The van der Waals surface area contributed by atoms with Gasteiger partial charge in [-0.3, -0.25) is 4.79 Å². The topological polar surface area (TPSA) is 34.9 Å². The molecular weight excluding hydrogens is 224 g/mol. The lowest BCUT2D eigenvalue weighted by atomic mass is 10.0. The van der Waals surface area contributed by atoms with E-state index in [0.717, 1.165) is 11.1 Å². The van der Waals surface area contributed by atoms with Crippen molar-refractivity contribution in [1.29, 1.82) is 0 Å². The van der Waals surface area contributed by atoms with Crippen molar-refractivity contribution >= 4 is 17.4 Å². The summed E-state index contributed by atoms with van der Waals surface area (Å²) in [7, 11) is 0. The quantitative estimate of drug-likeness (QED) is 0.699. The second kappa shape index (κ2) is 3.46. The summed E-state index contributed by atoms with van der Waals surface area (Å²) in [4.78, 5) is 16.0. The summed E-state index contributed by atoms with van der Waals surface area (Å²) >= 11 is 6.01. The molecule has 0 spiro atoms. The van der Waals surface area contributed by atoms with Gasteiger partial charge in [0, 0.05) is 6.42 Å². The molecule has 1 aliphatic heterocycles. The van der Waals surface area contributed by atoms with Crippen molar-refractivity contribution in [2.24, 2.45) is 0 Å². The average molecular weight is 233 g/mol. The summed E-state index contributed by atoms with van der Waals surface area (Å²) in [6.45, 7) is 0.621. The Morgan fingerprint density at radius 2 is 2.00 bits per heavy atom. The molecule has 0 amide bonds. The normalized spacial score (nSPS) is 14.2. The maximum Gasteiger partial charge on any atom is 0.202 e. The van der Waals surface area contributed by atoms with E-state index in [2.05, 4.69) is 4.98 Å². The van der Waals surface area contributed by atoms with Gasteiger partial charge in [0.25, 0.3) is 0 Å². The zero-order valence-corrected chi connectivity index (χ0v) is 9.24. The van der Waals surface area contributed by atoms with E-state index in [-0.39, 0.29) is 5.78 Å². The number of hydrogen-bond donors (Lipinski definition) is 0. The van der Waals surface area contributed by atoms with Gasteiger partial charge in [-0.2, -0.15) is 0 Å². The van der Waals surface area contributed by atoms with Crippen LogP contribution in [0, 0.1) is 0 Å². The molecule has 1 aliphatic rings. The molecule has 80 valence electrons. The molecule has 0 fully saturated rings. The van der Waals surface area contributed by atoms with Gasteiger partial charge in [0.05, 0.1) is 12.7 Å². The number of hydrogen-bond acceptors (Lipinski definition) is 2. The first-order valence-corrected chi connectivity index (χ1v) is 5.44. The zero-order valence-electron chi connectivity index (χ0n) is 8.48. The predicted octanol–water partition coefficient (Wildman–Crippen LogP) is 2.32. The minimum Gasteiger partial charge on any atom is -0.308 e. The van der Waals surface area contributed by atoms with Crippen molar-refractivity contribution in [3.8, 4) is 0 Å². The minimum absolute atomic E-state index is 0.0249. The van der Waals surface area contributed by atoms with E-state index in [1.165, 1.54) is 6.20 Å². The zero-order chi connectivity index (χ0) is 11.1. The van der Waals surface area contributed by atoms with Crippen molar-refractivity contribution < 1.29 is 4.79 Å². The van der Waals surface area contributed by atoms with Crippen molar-refractivity contribution in [3.05, 3.63) is 52.6 Å². The van der Waals surface area contributed by atoms with Crippen LogP contribution in [0.5, 0.6) is 0 Å². The summed E-state index contributed by atoms with van der Waals surface area (Å²) in [6.07, 6.45) is 1.94. The molecule has 2 heterocycles. The van der Waals surface area contributed by atoms with Crippen LogP contribution in [0.2, 0.25) is 5.15 Å². The molecular formula is C12H9ClN2O. The summed E-state index contributed by atoms with van der Waals surface area (Å²) in [5.74, 6) is 0.484. The predicted molar refractivity (Wildman–Crippen MR) is 60.8 cm³/mol. The van der Waals surface area contributed by atoms with Gasteiger partial charge >= 0.3 is 0 Å². The number of halogens is 1. The van der Waals surface area contributed by atoms with Crippen LogP contribution in [0.15, 0.2) is 30.5 Å². The number of fused-ring (bicyclic) bond motifs is 2. The SMILES string of the molecule is O=C1Cc2ccccc2Cn2c(Cl)cnc21. The molecule has 4 heteroatoms. The van der Waals surface area contributed by atoms with E-state index in [0.29, 0.717) is 23.9 Å². The van der Waals surface area contributed by atoms with Crippen LogP contribution < -0.4 is 0 Å². The lowest BCUT2D eigenvalue weighted by Crippen LogP contribution is -2.08. The fourth-order valence-electron chi connectivity index (χ4n) is 2.03. The van der Waals surface area contributed by atoms with Gasteiger partial charge in [-0.05, 0) is 11.1 Å². The highest BCUT2D eigenvalue weighted by atomic mass is 35.5. The molecule has 0 saturated heterocycles. The highest BCUT2D eigenvalue weighted by molar-refractivity contribution is 6.29. The summed E-state index contributed by atoms with van der Waals surface area (Å²) in [6, 6.07) is 7.92. The molecule has 0 unspecified atom stereocenters. The Labute approximate surface area is 97.7 Å². The first-order chi connectivity index (χ1) is 7.75. The molecule has 1 aromatic carbocycles. The van der Waals surface area contributed by atoms with Crippen molar-refractivity contribution in [2.75, 3.05) is 0 Å². The fraction of sp³-hybridized carbons (Fsp3) is 0.167. The van der Waals surface area contributed by atoms with E-state index in [4.69, 9.17) is 11.6 Å². The van der Waals surface area contributed by atoms with E-state index in [1.54, 1.807) is 4.57 Å². The van der Waals surface area contributed by atoms with Crippen molar-refractivity contribution in [2.45, 2.75) is 13.0 Å². The van der Waals surface area contributed by atoms with Crippen LogP contribution in [0.3, 0.4) is 0 Å². The number of nitrogens with zero attached hydrogens (tertiary/aromatic N) is 2. The van der Waals surface area contributed by atoms with E-state index < -0.39 is 0 Å². The molecule has 16 heavy (non-hydrogen) atoms. The molecule has 0 saturated carbocycles. The minimum atomic E-state index is 0.0249. The third kappa shape index (κ3) is 1.36. The van der Waals surface area contributed by atoms with Crippen LogP contribution in [-0.4, -0.2) is 15.3 Å². The monoisotopic (exact) mass is 232 g/mol. The molecule has 0 radical (unpaired) electrons. The van der Waals surface area contributed by atoms with Crippen molar-refractivity contribution in [3.63, 3.8) is 0 Å². The molecule has 0 aliphatic carbocycles. The van der Waals surface area contributed by atoms with Gasteiger partial charge in [-0.15, -0.1) is 0 Å². The average Bonchev–Trinajstić information content (AvgIpc) is 2.57. The van der Waals surface area contributed by atoms with Crippen LogP contribution >= 0.6 is 11.6 Å². The van der Waals surface area contributed by atoms with Crippen LogP contribution in [-0.2, 0) is 13.0 Å².